The summed E-state index contributed by atoms with van der Waals surface area (Å²) >= 11 is 1.72. The van der Waals surface area contributed by atoms with Crippen molar-refractivity contribution in [3.8, 4) is 0 Å². The van der Waals surface area contributed by atoms with E-state index in [1.54, 1.807) is 11.8 Å². The van der Waals surface area contributed by atoms with Gasteiger partial charge >= 0.3 is 0 Å². The Bertz CT molecular complexity index is 546. The number of hydrogen-bond acceptors (Lipinski definition) is 5. The van der Waals surface area contributed by atoms with Crippen molar-refractivity contribution in [3.63, 3.8) is 0 Å². The molecular weight excluding hydrogens is 258 g/mol. The van der Waals surface area contributed by atoms with Gasteiger partial charge in [0, 0.05) is 16.9 Å². The molecule has 4 nitrogen and oxygen atoms in total. The Labute approximate surface area is 117 Å². The predicted octanol–water partition coefficient (Wildman–Crippen LogP) is 2.95. The van der Waals surface area contributed by atoms with Crippen molar-refractivity contribution in [2.75, 3.05) is 0 Å². The van der Waals surface area contributed by atoms with Gasteiger partial charge in [-0.15, -0.1) is 11.8 Å². The second-order valence-electron chi connectivity index (χ2n) is 5.32. The van der Waals surface area contributed by atoms with Gasteiger partial charge in [0.2, 0.25) is 5.89 Å². The summed E-state index contributed by atoms with van der Waals surface area (Å²) in [6, 6.07) is 8.27. The zero-order valence-electron chi connectivity index (χ0n) is 11.5. The van der Waals surface area contributed by atoms with E-state index >= 15 is 0 Å². The lowest BCUT2D eigenvalue weighted by Gasteiger charge is -2.14. The molecule has 5 heteroatoms. The van der Waals surface area contributed by atoms with E-state index in [-0.39, 0.29) is 5.54 Å². The van der Waals surface area contributed by atoms with E-state index in [9.17, 15) is 0 Å². The molecule has 1 heterocycles. The maximum Gasteiger partial charge on any atom is 0.228 e. The fourth-order valence-electron chi connectivity index (χ4n) is 1.67. The van der Waals surface area contributed by atoms with Crippen molar-refractivity contribution < 1.29 is 4.52 Å². The molecule has 0 spiro atoms. The van der Waals surface area contributed by atoms with Gasteiger partial charge in [-0.2, -0.15) is 4.98 Å². The highest BCUT2D eigenvalue weighted by Gasteiger charge is 2.17. The fraction of sp³-hybridized carbons (Fsp3) is 0.429. The van der Waals surface area contributed by atoms with Crippen molar-refractivity contribution in [1.29, 1.82) is 0 Å². The van der Waals surface area contributed by atoms with E-state index in [0.29, 0.717) is 23.9 Å². The molecule has 0 amide bonds. The van der Waals surface area contributed by atoms with Crippen molar-refractivity contribution in [2.45, 2.75) is 43.4 Å². The number of nitrogens with two attached hydrogens (primary N) is 1. The Kier molecular flexibility index (Phi) is 4.27. The molecule has 0 saturated carbocycles. The number of benzene rings is 1. The molecule has 2 aromatic rings. The maximum atomic E-state index is 5.93. The van der Waals surface area contributed by atoms with Crippen molar-refractivity contribution in [1.82, 2.24) is 10.1 Å². The molecule has 2 N–H and O–H groups in total. The van der Waals surface area contributed by atoms with Gasteiger partial charge in [0.05, 0.1) is 5.75 Å². The average Bonchev–Trinajstić information content (AvgIpc) is 2.73. The number of aromatic nitrogens is 2. The zero-order chi connectivity index (χ0) is 13.9. The highest BCUT2D eigenvalue weighted by Crippen LogP contribution is 2.24. The van der Waals surface area contributed by atoms with E-state index in [4.69, 9.17) is 10.3 Å². The van der Waals surface area contributed by atoms with Gasteiger partial charge in [-0.05, 0) is 32.4 Å². The minimum Gasteiger partial charge on any atom is -0.339 e. The first kappa shape index (κ1) is 14.1. The Morgan fingerprint density at radius 2 is 2.05 bits per heavy atom. The lowest BCUT2D eigenvalue weighted by molar-refractivity contribution is 0.345. The van der Waals surface area contributed by atoms with Crippen LogP contribution in [-0.4, -0.2) is 15.7 Å². The van der Waals surface area contributed by atoms with Crippen molar-refractivity contribution in [2.24, 2.45) is 5.73 Å². The Morgan fingerprint density at radius 1 is 1.32 bits per heavy atom. The van der Waals surface area contributed by atoms with Crippen LogP contribution >= 0.6 is 11.8 Å². The van der Waals surface area contributed by atoms with Gasteiger partial charge in [-0.1, -0.05) is 23.4 Å². The molecule has 0 bridgehead atoms. The molecule has 0 aliphatic heterocycles. The molecule has 0 fully saturated rings. The topological polar surface area (TPSA) is 64.9 Å². The first-order chi connectivity index (χ1) is 8.94. The summed E-state index contributed by atoms with van der Waals surface area (Å²) in [6.07, 6.45) is 0.592. The molecule has 0 aliphatic rings. The number of rotatable bonds is 5. The summed E-state index contributed by atoms with van der Waals surface area (Å²) in [4.78, 5) is 5.61. The molecule has 2 rings (SSSR count). The summed E-state index contributed by atoms with van der Waals surface area (Å²) in [5, 5.41) is 3.98. The third kappa shape index (κ3) is 4.36. The van der Waals surface area contributed by atoms with Crippen LogP contribution in [0.1, 0.15) is 31.1 Å². The lowest BCUT2D eigenvalue weighted by atomic mass is 10.0. The first-order valence-corrected chi connectivity index (χ1v) is 7.21. The summed E-state index contributed by atoms with van der Waals surface area (Å²) in [5.41, 5.74) is 6.87. The van der Waals surface area contributed by atoms with Crippen LogP contribution in [0.4, 0.5) is 0 Å². The van der Waals surface area contributed by atoms with Gasteiger partial charge in [-0.3, -0.25) is 0 Å². The van der Waals surface area contributed by atoms with Crippen LogP contribution in [0.5, 0.6) is 0 Å². The van der Waals surface area contributed by atoms with E-state index < -0.39 is 0 Å². The molecule has 0 saturated heterocycles. The van der Waals surface area contributed by atoms with Crippen LogP contribution in [0, 0.1) is 6.92 Å². The zero-order valence-corrected chi connectivity index (χ0v) is 12.3. The van der Waals surface area contributed by atoms with Gasteiger partial charge in [0.25, 0.3) is 0 Å². The Morgan fingerprint density at radius 3 is 2.74 bits per heavy atom. The van der Waals surface area contributed by atoms with Crippen molar-refractivity contribution in [3.05, 3.63) is 41.5 Å². The minimum atomic E-state index is -0.326. The maximum absolute atomic E-state index is 5.93. The second-order valence-corrected chi connectivity index (χ2v) is 6.34. The normalized spacial score (nSPS) is 11.8. The molecule has 1 aromatic carbocycles. The van der Waals surface area contributed by atoms with Crippen LogP contribution in [0.3, 0.4) is 0 Å². The first-order valence-electron chi connectivity index (χ1n) is 6.23. The van der Waals surface area contributed by atoms with Crippen LogP contribution < -0.4 is 5.73 Å². The third-order valence-corrected chi connectivity index (χ3v) is 3.74. The molecule has 1 aromatic heterocycles. The van der Waals surface area contributed by atoms with Crippen molar-refractivity contribution >= 4 is 11.8 Å². The van der Waals surface area contributed by atoms with E-state index in [1.165, 1.54) is 10.5 Å². The summed E-state index contributed by atoms with van der Waals surface area (Å²) in [7, 11) is 0. The third-order valence-electron chi connectivity index (χ3n) is 2.57. The SMILES string of the molecule is Cc1ccccc1SCc1noc(CC(C)(C)N)n1. The number of aryl methyl sites for hydroxylation is 1. The standard InChI is InChI=1S/C14H19N3OS/c1-10-6-4-5-7-11(10)19-9-12-16-13(18-17-12)8-14(2,3)15/h4-7H,8-9,15H2,1-3H3. The highest BCUT2D eigenvalue weighted by atomic mass is 32.2. The molecule has 0 radical (unpaired) electrons. The number of nitrogens with zero attached hydrogens (tertiary/aromatic N) is 2. The smallest absolute Gasteiger partial charge is 0.228 e. The van der Waals surface area contributed by atoms with Crippen LogP contribution in [0.15, 0.2) is 33.7 Å². The molecule has 0 unspecified atom stereocenters. The molecule has 0 atom stereocenters. The van der Waals surface area contributed by atoms with Crippen LogP contribution in [-0.2, 0) is 12.2 Å². The highest BCUT2D eigenvalue weighted by molar-refractivity contribution is 7.98. The Balaban J connectivity index is 1.96. The van der Waals surface area contributed by atoms with E-state index in [1.807, 2.05) is 26.0 Å². The largest absolute Gasteiger partial charge is 0.339 e. The van der Waals surface area contributed by atoms with Crippen LogP contribution in [0.2, 0.25) is 0 Å². The second kappa shape index (κ2) is 5.75. The number of thioether (sulfide) groups is 1. The fourth-order valence-corrected chi connectivity index (χ4v) is 2.54. The molecule has 102 valence electrons. The van der Waals surface area contributed by atoms with Gasteiger partial charge in [-0.25, -0.2) is 0 Å². The summed E-state index contributed by atoms with van der Waals surface area (Å²) in [5.74, 6) is 2.03. The predicted molar refractivity (Wildman–Crippen MR) is 77.0 cm³/mol. The summed E-state index contributed by atoms with van der Waals surface area (Å²) in [6.45, 7) is 5.98. The Hall–Kier alpha value is -1.33. The van der Waals surface area contributed by atoms with Gasteiger partial charge in [0.15, 0.2) is 5.82 Å². The van der Waals surface area contributed by atoms with Crippen LogP contribution in [0.25, 0.3) is 0 Å². The average molecular weight is 277 g/mol. The molecule has 19 heavy (non-hydrogen) atoms. The lowest BCUT2D eigenvalue weighted by Crippen LogP contribution is -2.34. The molecule has 0 aliphatic carbocycles. The van der Waals surface area contributed by atoms with Gasteiger partial charge in [0.1, 0.15) is 0 Å². The van der Waals surface area contributed by atoms with Gasteiger partial charge < -0.3 is 10.3 Å². The monoisotopic (exact) mass is 277 g/mol. The number of hydrogen-bond donors (Lipinski definition) is 1. The quantitative estimate of drug-likeness (QED) is 0.851. The van der Waals surface area contributed by atoms with E-state index in [2.05, 4.69) is 29.2 Å². The van der Waals surface area contributed by atoms with E-state index in [0.717, 1.165) is 0 Å². The summed E-state index contributed by atoms with van der Waals surface area (Å²) < 4.78 is 5.20. The molecular formula is C14H19N3OS. The minimum absolute atomic E-state index is 0.326.